The number of sulfonamides is 1. The Morgan fingerprint density at radius 2 is 1.69 bits per heavy atom. The fourth-order valence-electron chi connectivity index (χ4n) is 3.25. The first kappa shape index (κ1) is 24.0. The Balaban J connectivity index is 1.56. The van der Waals surface area contributed by atoms with Crippen LogP contribution < -0.4 is 5.32 Å². The van der Waals surface area contributed by atoms with Gasteiger partial charge in [-0.1, -0.05) is 26.0 Å². The number of nitrogens with one attached hydrogen (secondary N) is 1. The summed E-state index contributed by atoms with van der Waals surface area (Å²) >= 11 is 1.37. The molecule has 2 heterocycles. The summed E-state index contributed by atoms with van der Waals surface area (Å²) in [6.07, 6.45) is 5.75. The van der Waals surface area contributed by atoms with Crippen LogP contribution in [-0.2, 0) is 21.2 Å². The molecule has 0 radical (unpaired) electrons. The van der Waals surface area contributed by atoms with Gasteiger partial charge >= 0.3 is 0 Å². The first-order chi connectivity index (χ1) is 15.4. The predicted octanol–water partition coefficient (Wildman–Crippen LogP) is 4.59. The van der Waals surface area contributed by atoms with Crippen LogP contribution >= 0.6 is 11.3 Å². The first-order valence-electron chi connectivity index (χ1n) is 10.7. The maximum Gasteiger partial charge on any atom is 0.243 e. The molecule has 0 saturated carbocycles. The minimum Gasteiger partial charge on any atom is -0.302 e. The molecule has 2 aromatic heterocycles. The molecule has 9 heteroatoms. The van der Waals surface area contributed by atoms with E-state index in [1.807, 2.05) is 31.4 Å². The van der Waals surface area contributed by atoms with Gasteiger partial charge in [0.2, 0.25) is 15.9 Å². The minimum absolute atomic E-state index is 0.130. The third kappa shape index (κ3) is 6.21. The van der Waals surface area contributed by atoms with Crippen molar-refractivity contribution in [3.05, 3.63) is 59.7 Å². The number of amides is 1. The lowest BCUT2D eigenvalue weighted by Crippen LogP contribution is -2.32. The maximum absolute atomic E-state index is 12.8. The van der Waals surface area contributed by atoms with E-state index >= 15 is 0 Å². The highest BCUT2D eigenvalue weighted by Crippen LogP contribution is 2.24. The topological polar surface area (TPSA) is 92.3 Å². The number of benzene rings is 1. The Bertz CT molecular complexity index is 1110. The van der Waals surface area contributed by atoms with Crippen LogP contribution in [0, 0.1) is 0 Å². The zero-order valence-corrected chi connectivity index (χ0v) is 20.0. The molecular weight excluding hydrogens is 444 g/mol. The van der Waals surface area contributed by atoms with Crippen LogP contribution in [0.5, 0.6) is 0 Å². The van der Waals surface area contributed by atoms with Crippen molar-refractivity contribution in [2.24, 2.45) is 0 Å². The largest absolute Gasteiger partial charge is 0.302 e. The second-order valence-corrected chi connectivity index (χ2v) is 10.2. The van der Waals surface area contributed by atoms with Crippen LogP contribution in [0.4, 0.5) is 5.13 Å². The highest BCUT2D eigenvalue weighted by molar-refractivity contribution is 7.89. The van der Waals surface area contributed by atoms with E-state index in [0.717, 1.165) is 29.7 Å². The first-order valence-corrected chi connectivity index (χ1v) is 13.0. The molecule has 0 bridgehead atoms. The van der Waals surface area contributed by atoms with Crippen LogP contribution in [0.2, 0.25) is 0 Å². The van der Waals surface area contributed by atoms with Gasteiger partial charge < -0.3 is 5.32 Å². The van der Waals surface area contributed by atoms with Gasteiger partial charge in [-0.2, -0.15) is 4.31 Å². The van der Waals surface area contributed by atoms with Gasteiger partial charge in [0.25, 0.3) is 0 Å². The minimum atomic E-state index is -3.49. The average molecular weight is 473 g/mol. The number of aryl methyl sites for hydroxylation is 1. The van der Waals surface area contributed by atoms with E-state index < -0.39 is 10.0 Å². The number of carbonyl (C=O) groups excluding carboxylic acids is 1. The van der Waals surface area contributed by atoms with Crippen LogP contribution in [0.1, 0.15) is 38.7 Å². The van der Waals surface area contributed by atoms with Gasteiger partial charge in [0.1, 0.15) is 0 Å². The van der Waals surface area contributed by atoms with Crippen LogP contribution in [0.25, 0.3) is 11.3 Å². The van der Waals surface area contributed by atoms with Crippen molar-refractivity contribution < 1.29 is 13.2 Å². The third-order valence-electron chi connectivity index (χ3n) is 4.87. The lowest BCUT2D eigenvalue weighted by molar-refractivity contribution is -0.116. The van der Waals surface area contributed by atoms with Gasteiger partial charge in [0.15, 0.2) is 5.13 Å². The Morgan fingerprint density at radius 1 is 1.03 bits per heavy atom. The molecule has 0 atom stereocenters. The van der Waals surface area contributed by atoms with E-state index in [1.165, 1.54) is 15.6 Å². The second-order valence-electron chi connectivity index (χ2n) is 7.37. The molecular formula is C23H28N4O3S2. The van der Waals surface area contributed by atoms with E-state index in [2.05, 4.69) is 15.3 Å². The summed E-state index contributed by atoms with van der Waals surface area (Å²) in [5.41, 5.74) is 2.65. The quantitative estimate of drug-likeness (QED) is 0.441. The molecule has 1 N–H and O–H groups in total. The Morgan fingerprint density at radius 3 is 2.31 bits per heavy atom. The molecule has 3 aromatic rings. The summed E-state index contributed by atoms with van der Waals surface area (Å²) < 4.78 is 27.2. The van der Waals surface area contributed by atoms with Crippen LogP contribution in [0.3, 0.4) is 0 Å². The zero-order chi connectivity index (χ0) is 23.0. The van der Waals surface area contributed by atoms with Gasteiger partial charge in [-0.05, 0) is 49.1 Å². The molecule has 32 heavy (non-hydrogen) atoms. The van der Waals surface area contributed by atoms with Crippen molar-refractivity contribution in [2.45, 2.75) is 44.4 Å². The molecule has 3 rings (SSSR count). The molecule has 0 aliphatic carbocycles. The molecule has 0 saturated heterocycles. The smallest absolute Gasteiger partial charge is 0.243 e. The lowest BCUT2D eigenvalue weighted by Gasteiger charge is -2.21. The summed E-state index contributed by atoms with van der Waals surface area (Å²) in [4.78, 5) is 21.1. The zero-order valence-electron chi connectivity index (χ0n) is 18.3. The van der Waals surface area contributed by atoms with Gasteiger partial charge in [-0.15, -0.1) is 11.3 Å². The molecule has 7 nitrogen and oxygen atoms in total. The number of aromatic nitrogens is 2. The molecule has 0 spiro atoms. The van der Waals surface area contributed by atoms with Gasteiger partial charge in [0, 0.05) is 42.8 Å². The Hall–Kier alpha value is -2.62. The van der Waals surface area contributed by atoms with Gasteiger partial charge in [0.05, 0.1) is 10.6 Å². The molecule has 0 fully saturated rings. The van der Waals surface area contributed by atoms with Crippen molar-refractivity contribution in [3.63, 3.8) is 0 Å². The summed E-state index contributed by atoms with van der Waals surface area (Å²) in [5, 5.41) is 5.28. The molecule has 1 aromatic carbocycles. The molecule has 1 amide bonds. The second kappa shape index (κ2) is 11.3. The molecule has 170 valence electrons. The third-order valence-corrected chi connectivity index (χ3v) is 7.55. The van der Waals surface area contributed by atoms with Crippen molar-refractivity contribution in [3.8, 4) is 11.3 Å². The van der Waals surface area contributed by atoms with E-state index in [1.54, 1.807) is 36.7 Å². The number of thiazole rings is 1. The maximum atomic E-state index is 12.8. The Kier molecular flexibility index (Phi) is 8.49. The summed E-state index contributed by atoms with van der Waals surface area (Å²) in [6, 6.07) is 10.6. The van der Waals surface area contributed by atoms with Gasteiger partial charge in [-0.3, -0.25) is 9.78 Å². The molecule has 0 unspecified atom stereocenters. The van der Waals surface area contributed by atoms with Crippen molar-refractivity contribution in [2.75, 3.05) is 18.4 Å². The SMILES string of the molecule is CCCN(CCC)S(=O)(=O)c1ccc(CCC(=O)Nc2nc(-c3ccncc3)cs2)cc1. The van der Waals surface area contributed by atoms with Crippen molar-refractivity contribution in [1.29, 1.82) is 0 Å². The summed E-state index contributed by atoms with van der Waals surface area (Å²) in [7, 11) is -3.49. The van der Waals surface area contributed by atoms with E-state index in [-0.39, 0.29) is 12.3 Å². The highest BCUT2D eigenvalue weighted by Gasteiger charge is 2.22. The highest BCUT2D eigenvalue weighted by atomic mass is 32.2. The van der Waals surface area contributed by atoms with E-state index in [9.17, 15) is 13.2 Å². The van der Waals surface area contributed by atoms with Crippen LogP contribution in [0.15, 0.2) is 59.1 Å². The number of pyridine rings is 1. The molecule has 0 aliphatic rings. The normalized spacial score (nSPS) is 11.6. The number of nitrogens with zero attached hydrogens (tertiary/aromatic N) is 3. The van der Waals surface area contributed by atoms with Crippen molar-refractivity contribution in [1.82, 2.24) is 14.3 Å². The van der Waals surface area contributed by atoms with Gasteiger partial charge in [-0.25, -0.2) is 13.4 Å². The number of anilines is 1. The van der Waals surface area contributed by atoms with E-state index in [0.29, 0.717) is 29.5 Å². The number of carbonyl (C=O) groups is 1. The monoisotopic (exact) mass is 472 g/mol. The number of rotatable bonds is 11. The fourth-order valence-corrected chi connectivity index (χ4v) is 5.61. The standard InChI is InChI=1S/C23H28N4O3S2/c1-3-15-27(16-4-2)32(29,30)20-8-5-18(6-9-20)7-10-22(28)26-23-25-21(17-31-23)19-11-13-24-14-12-19/h5-6,8-9,11-14,17H,3-4,7,10,15-16H2,1-2H3,(H,25,26,28). The van der Waals surface area contributed by atoms with Crippen molar-refractivity contribution >= 4 is 32.4 Å². The summed E-state index contributed by atoms with van der Waals surface area (Å²) in [6.45, 7) is 4.96. The average Bonchev–Trinajstić information content (AvgIpc) is 3.27. The predicted molar refractivity (Wildman–Crippen MR) is 128 cm³/mol. The number of hydrogen-bond donors (Lipinski definition) is 1. The van der Waals surface area contributed by atoms with E-state index in [4.69, 9.17) is 0 Å². The molecule has 0 aliphatic heterocycles. The fraction of sp³-hybridized carbons (Fsp3) is 0.348. The lowest BCUT2D eigenvalue weighted by atomic mass is 10.1. The van der Waals surface area contributed by atoms with Crippen LogP contribution in [-0.4, -0.2) is 41.7 Å². The summed E-state index contributed by atoms with van der Waals surface area (Å²) in [5.74, 6) is -0.130. The number of hydrogen-bond acceptors (Lipinski definition) is 6. The Labute approximate surface area is 193 Å².